The van der Waals surface area contributed by atoms with Gasteiger partial charge in [-0.25, -0.2) is 0 Å². The van der Waals surface area contributed by atoms with Crippen molar-refractivity contribution >= 4 is 5.91 Å². The van der Waals surface area contributed by atoms with Crippen LogP contribution < -0.4 is 10.1 Å². The minimum absolute atomic E-state index is 0.00747. The van der Waals surface area contributed by atoms with Crippen molar-refractivity contribution in [1.82, 2.24) is 5.32 Å². The molecule has 1 atom stereocenters. The molecule has 116 valence electrons. The summed E-state index contributed by atoms with van der Waals surface area (Å²) in [7, 11) is 1.60. The first-order chi connectivity index (χ1) is 9.71. The van der Waals surface area contributed by atoms with Crippen molar-refractivity contribution in [3.8, 4) is 5.75 Å². The van der Waals surface area contributed by atoms with Gasteiger partial charge >= 0.3 is 0 Å². The van der Waals surface area contributed by atoms with E-state index in [1.807, 2.05) is 0 Å². The Kier molecular flexibility index (Phi) is 4.02. The number of hydrogen-bond acceptors (Lipinski definition) is 3. The summed E-state index contributed by atoms with van der Waals surface area (Å²) in [4.78, 5) is 12.2. The molecule has 1 unspecified atom stereocenters. The SMILES string of the molecule is COc1ccc(C(O)CNC(=O)C2C(C)(C)C2(C)C)cc1. The van der Waals surface area contributed by atoms with Crippen LogP contribution in [0.5, 0.6) is 5.75 Å². The molecule has 0 radical (unpaired) electrons. The molecule has 1 aromatic carbocycles. The molecule has 1 fully saturated rings. The molecule has 0 heterocycles. The third-order valence-electron chi connectivity index (χ3n) is 5.25. The molecule has 0 bridgehead atoms. The van der Waals surface area contributed by atoms with Crippen LogP contribution in [0.15, 0.2) is 24.3 Å². The third-order valence-corrected chi connectivity index (χ3v) is 5.25. The number of ether oxygens (including phenoxy) is 1. The van der Waals surface area contributed by atoms with E-state index in [0.717, 1.165) is 11.3 Å². The molecule has 0 aliphatic heterocycles. The smallest absolute Gasteiger partial charge is 0.224 e. The quantitative estimate of drug-likeness (QED) is 0.876. The fourth-order valence-electron chi connectivity index (χ4n) is 3.10. The molecule has 21 heavy (non-hydrogen) atoms. The second-order valence-corrected chi connectivity index (χ2v) is 6.91. The number of amides is 1. The number of methoxy groups -OCH3 is 1. The molecule has 2 rings (SSSR count). The van der Waals surface area contributed by atoms with Gasteiger partial charge in [0.05, 0.1) is 13.2 Å². The van der Waals surface area contributed by atoms with Gasteiger partial charge in [-0.05, 0) is 28.5 Å². The average Bonchev–Trinajstić information content (AvgIpc) is 2.86. The van der Waals surface area contributed by atoms with E-state index in [-0.39, 0.29) is 29.2 Å². The van der Waals surface area contributed by atoms with Crippen LogP contribution in [0.4, 0.5) is 0 Å². The normalized spacial score (nSPS) is 20.7. The minimum Gasteiger partial charge on any atom is -0.497 e. The summed E-state index contributed by atoms with van der Waals surface area (Å²) in [5.41, 5.74) is 0.801. The van der Waals surface area contributed by atoms with E-state index in [1.165, 1.54) is 0 Å². The monoisotopic (exact) mass is 291 g/mol. The van der Waals surface area contributed by atoms with E-state index in [4.69, 9.17) is 4.74 Å². The molecule has 1 aromatic rings. The van der Waals surface area contributed by atoms with E-state index in [1.54, 1.807) is 31.4 Å². The lowest BCUT2D eigenvalue weighted by Gasteiger charge is -2.13. The van der Waals surface area contributed by atoms with E-state index >= 15 is 0 Å². The predicted octanol–water partition coefficient (Wildman–Crippen LogP) is 2.53. The summed E-state index contributed by atoms with van der Waals surface area (Å²) in [6.07, 6.45) is -0.704. The minimum atomic E-state index is -0.704. The van der Waals surface area contributed by atoms with Crippen molar-refractivity contribution in [1.29, 1.82) is 0 Å². The Morgan fingerprint density at radius 3 is 2.19 bits per heavy atom. The number of aliphatic hydroxyl groups is 1. The largest absolute Gasteiger partial charge is 0.497 e. The van der Waals surface area contributed by atoms with Crippen LogP contribution in [-0.2, 0) is 4.79 Å². The molecule has 0 spiro atoms. The highest BCUT2D eigenvalue weighted by Crippen LogP contribution is 2.68. The van der Waals surface area contributed by atoms with E-state index in [0.29, 0.717) is 0 Å². The van der Waals surface area contributed by atoms with E-state index in [9.17, 15) is 9.90 Å². The molecule has 2 N–H and O–H groups in total. The standard InChI is InChI=1S/C17H25NO3/c1-16(2)14(17(16,3)4)15(20)18-10-13(19)11-6-8-12(21-5)9-7-11/h6-9,13-14,19H,10H2,1-5H3,(H,18,20). The molecule has 1 amide bonds. The molecule has 4 nitrogen and oxygen atoms in total. The zero-order valence-corrected chi connectivity index (χ0v) is 13.4. The van der Waals surface area contributed by atoms with Gasteiger partial charge in [-0.1, -0.05) is 39.8 Å². The van der Waals surface area contributed by atoms with Crippen LogP contribution in [0.3, 0.4) is 0 Å². The number of nitrogens with one attached hydrogen (secondary N) is 1. The summed E-state index contributed by atoms with van der Waals surface area (Å²) < 4.78 is 5.08. The Balaban J connectivity index is 1.89. The summed E-state index contributed by atoms with van der Waals surface area (Å²) in [5, 5.41) is 13.0. The van der Waals surface area contributed by atoms with Crippen LogP contribution in [-0.4, -0.2) is 24.7 Å². The summed E-state index contributed by atoms with van der Waals surface area (Å²) in [5.74, 6) is 0.780. The molecule has 4 heteroatoms. The van der Waals surface area contributed by atoms with Crippen LogP contribution in [0, 0.1) is 16.7 Å². The lowest BCUT2D eigenvalue weighted by Crippen LogP contribution is -2.31. The van der Waals surface area contributed by atoms with Gasteiger partial charge in [0.25, 0.3) is 0 Å². The van der Waals surface area contributed by atoms with Crippen LogP contribution in [0.2, 0.25) is 0 Å². The zero-order valence-electron chi connectivity index (χ0n) is 13.4. The van der Waals surface area contributed by atoms with Crippen molar-refractivity contribution < 1.29 is 14.6 Å². The Morgan fingerprint density at radius 1 is 1.24 bits per heavy atom. The Bertz CT molecular complexity index is 505. The number of aliphatic hydroxyl groups excluding tert-OH is 1. The maximum Gasteiger partial charge on any atom is 0.224 e. The highest BCUT2D eigenvalue weighted by Gasteiger charge is 2.68. The highest BCUT2D eigenvalue weighted by molar-refractivity contribution is 5.84. The van der Waals surface area contributed by atoms with Crippen molar-refractivity contribution in [3.05, 3.63) is 29.8 Å². The van der Waals surface area contributed by atoms with Gasteiger partial charge in [0, 0.05) is 12.5 Å². The molecule has 0 aromatic heterocycles. The predicted molar refractivity (Wildman–Crippen MR) is 82.0 cm³/mol. The summed E-state index contributed by atoms with van der Waals surface area (Å²) >= 11 is 0. The number of hydrogen-bond donors (Lipinski definition) is 2. The third kappa shape index (κ3) is 2.77. The first kappa shape index (κ1) is 15.8. The second-order valence-electron chi connectivity index (χ2n) is 6.91. The molecule has 0 saturated heterocycles. The maximum absolute atomic E-state index is 12.2. The molecule has 1 aliphatic carbocycles. The topological polar surface area (TPSA) is 58.6 Å². The van der Waals surface area contributed by atoms with E-state index in [2.05, 4.69) is 33.0 Å². The molecule has 1 aliphatic rings. The van der Waals surface area contributed by atoms with Crippen molar-refractivity contribution in [3.63, 3.8) is 0 Å². The summed E-state index contributed by atoms with van der Waals surface area (Å²) in [6, 6.07) is 7.21. The van der Waals surface area contributed by atoms with Crippen molar-refractivity contribution in [2.75, 3.05) is 13.7 Å². The molecular weight excluding hydrogens is 266 g/mol. The van der Waals surface area contributed by atoms with Gasteiger partial charge in [0.15, 0.2) is 0 Å². The fourth-order valence-corrected chi connectivity index (χ4v) is 3.10. The van der Waals surface area contributed by atoms with Crippen molar-refractivity contribution in [2.24, 2.45) is 16.7 Å². The molecular formula is C17H25NO3. The van der Waals surface area contributed by atoms with Gasteiger partial charge in [-0.2, -0.15) is 0 Å². The summed E-state index contributed by atoms with van der Waals surface area (Å²) in [6.45, 7) is 8.66. The lowest BCUT2D eigenvalue weighted by atomic mass is 10.0. The van der Waals surface area contributed by atoms with Gasteiger partial charge in [-0.15, -0.1) is 0 Å². The zero-order chi connectivity index (χ0) is 15.8. The van der Waals surface area contributed by atoms with Gasteiger partial charge in [0.2, 0.25) is 5.91 Å². The van der Waals surface area contributed by atoms with Gasteiger partial charge in [-0.3, -0.25) is 4.79 Å². The number of carbonyl (C=O) groups is 1. The lowest BCUT2D eigenvalue weighted by molar-refractivity contribution is -0.123. The molecule has 1 saturated carbocycles. The number of rotatable bonds is 5. The van der Waals surface area contributed by atoms with Gasteiger partial charge < -0.3 is 15.2 Å². The first-order valence-corrected chi connectivity index (χ1v) is 7.31. The Morgan fingerprint density at radius 2 is 1.76 bits per heavy atom. The van der Waals surface area contributed by atoms with Crippen LogP contribution in [0.25, 0.3) is 0 Å². The average molecular weight is 291 g/mol. The number of benzene rings is 1. The fraction of sp³-hybridized carbons (Fsp3) is 0.588. The van der Waals surface area contributed by atoms with Crippen LogP contribution in [0.1, 0.15) is 39.4 Å². The van der Waals surface area contributed by atoms with Gasteiger partial charge in [0.1, 0.15) is 5.75 Å². The van der Waals surface area contributed by atoms with E-state index < -0.39 is 6.10 Å². The first-order valence-electron chi connectivity index (χ1n) is 7.31. The second kappa shape index (κ2) is 5.34. The number of carbonyl (C=O) groups excluding carboxylic acids is 1. The Labute approximate surface area is 126 Å². The maximum atomic E-state index is 12.2. The Hall–Kier alpha value is -1.55. The van der Waals surface area contributed by atoms with Crippen molar-refractivity contribution in [2.45, 2.75) is 33.8 Å². The highest BCUT2D eigenvalue weighted by atomic mass is 16.5. The van der Waals surface area contributed by atoms with Crippen LogP contribution >= 0.6 is 0 Å².